The maximum absolute atomic E-state index is 13.2. The average molecular weight is 535 g/mol. The van der Waals surface area contributed by atoms with Gasteiger partial charge in [0.25, 0.3) is 0 Å². The number of aromatic carboxylic acids is 1. The van der Waals surface area contributed by atoms with Crippen molar-refractivity contribution in [2.75, 3.05) is 25.1 Å². The van der Waals surface area contributed by atoms with Crippen molar-refractivity contribution < 1.29 is 29.6 Å². The number of hydrogen-bond donors (Lipinski definition) is 6. The summed E-state index contributed by atoms with van der Waals surface area (Å²) in [5.41, 5.74) is 8.20. The highest BCUT2D eigenvalue weighted by Gasteiger charge is 2.21. The molecule has 1 aromatic heterocycles. The summed E-state index contributed by atoms with van der Waals surface area (Å²) in [5, 5.41) is 38.3. The van der Waals surface area contributed by atoms with Crippen LogP contribution < -0.4 is 16.5 Å². The van der Waals surface area contributed by atoms with Crippen molar-refractivity contribution in [2.24, 2.45) is 5.73 Å². The van der Waals surface area contributed by atoms with Crippen LogP contribution in [0.5, 0.6) is 0 Å². The van der Waals surface area contributed by atoms with Gasteiger partial charge >= 0.3 is 5.97 Å². The first kappa shape index (κ1) is 29.5. The number of carboxylic acids is 1. The molecule has 1 atom stereocenters. The molecule has 9 nitrogen and oxygen atoms in total. The summed E-state index contributed by atoms with van der Waals surface area (Å²) in [4.78, 5) is 24.8. The number of aliphatic hydroxyl groups excluding tert-OH is 3. The SMILES string of the molecule is Cc1cc([C@@H](C)Nc2ccccc2C(=O)O)c2oc(-c3ccccc3)c(C)c(=O)c2c1.NC(CO)(CO)CO. The van der Waals surface area contributed by atoms with Crippen LogP contribution in [0.2, 0.25) is 0 Å². The number of carboxylic acid groups (broad SMARTS) is 1. The van der Waals surface area contributed by atoms with Crippen LogP contribution in [0.25, 0.3) is 22.3 Å². The maximum atomic E-state index is 13.2. The van der Waals surface area contributed by atoms with E-state index < -0.39 is 31.3 Å². The van der Waals surface area contributed by atoms with Crippen LogP contribution in [0, 0.1) is 13.8 Å². The van der Waals surface area contributed by atoms with E-state index in [1.165, 1.54) is 0 Å². The second kappa shape index (κ2) is 12.7. The minimum Gasteiger partial charge on any atom is -0.478 e. The fraction of sp³-hybridized carbons (Fsp3) is 0.267. The third-order valence-corrected chi connectivity index (χ3v) is 6.37. The van der Waals surface area contributed by atoms with Gasteiger partial charge in [-0.15, -0.1) is 0 Å². The summed E-state index contributed by atoms with van der Waals surface area (Å²) in [6.45, 7) is 4.43. The molecule has 0 unspecified atom stereocenters. The lowest BCUT2D eigenvalue weighted by Crippen LogP contribution is -2.50. The summed E-state index contributed by atoms with van der Waals surface area (Å²) in [7, 11) is 0. The molecule has 0 aliphatic rings. The zero-order valence-corrected chi connectivity index (χ0v) is 22.1. The summed E-state index contributed by atoms with van der Waals surface area (Å²) in [6.07, 6.45) is 0. The molecule has 0 amide bonds. The first-order valence-corrected chi connectivity index (χ1v) is 12.4. The summed E-state index contributed by atoms with van der Waals surface area (Å²) in [5.74, 6) is -0.459. The second-order valence-electron chi connectivity index (χ2n) is 9.54. The molecule has 0 aliphatic heterocycles. The number of carbonyl (C=O) groups is 1. The molecular formula is C30H34N2O7. The molecule has 3 aromatic carbocycles. The summed E-state index contributed by atoms with van der Waals surface area (Å²) >= 11 is 0. The Balaban J connectivity index is 0.000000459. The van der Waals surface area contributed by atoms with E-state index >= 15 is 0 Å². The van der Waals surface area contributed by atoms with Crippen LogP contribution in [0.3, 0.4) is 0 Å². The highest BCUT2D eigenvalue weighted by molar-refractivity contribution is 5.94. The number of aliphatic hydroxyl groups is 3. The van der Waals surface area contributed by atoms with Gasteiger partial charge in [-0.1, -0.05) is 48.5 Å². The first-order chi connectivity index (χ1) is 18.5. The van der Waals surface area contributed by atoms with Crippen LogP contribution in [-0.4, -0.2) is 51.8 Å². The van der Waals surface area contributed by atoms with E-state index in [1.807, 2.05) is 56.3 Å². The molecule has 4 aromatic rings. The van der Waals surface area contributed by atoms with E-state index in [0.717, 1.165) is 16.7 Å². The molecule has 206 valence electrons. The van der Waals surface area contributed by atoms with Crippen molar-refractivity contribution in [3.05, 3.63) is 99.2 Å². The van der Waals surface area contributed by atoms with Gasteiger partial charge in [-0.3, -0.25) is 4.79 Å². The van der Waals surface area contributed by atoms with Crippen LogP contribution >= 0.6 is 0 Å². The van der Waals surface area contributed by atoms with Crippen LogP contribution in [0.1, 0.15) is 40.0 Å². The van der Waals surface area contributed by atoms with E-state index in [2.05, 4.69) is 5.32 Å². The third-order valence-electron chi connectivity index (χ3n) is 6.37. The Morgan fingerprint density at radius 2 is 1.56 bits per heavy atom. The Kier molecular flexibility index (Phi) is 9.61. The molecule has 0 radical (unpaired) electrons. The number of para-hydroxylation sites is 1. The van der Waals surface area contributed by atoms with Gasteiger partial charge in [0.05, 0.1) is 42.4 Å². The number of benzene rings is 3. The zero-order chi connectivity index (χ0) is 28.7. The van der Waals surface area contributed by atoms with E-state index in [0.29, 0.717) is 28.0 Å². The first-order valence-electron chi connectivity index (χ1n) is 12.4. The van der Waals surface area contributed by atoms with Gasteiger partial charge in [0, 0.05) is 22.4 Å². The molecule has 4 rings (SSSR count). The second-order valence-corrected chi connectivity index (χ2v) is 9.54. The van der Waals surface area contributed by atoms with Gasteiger partial charge in [-0.05, 0) is 44.5 Å². The zero-order valence-electron chi connectivity index (χ0n) is 22.1. The number of anilines is 1. The monoisotopic (exact) mass is 534 g/mol. The Morgan fingerprint density at radius 1 is 0.974 bits per heavy atom. The highest BCUT2D eigenvalue weighted by Crippen LogP contribution is 2.32. The smallest absolute Gasteiger partial charge is 0.337 e. The van der Waals surface area contributed by atoms with Crippen molar-refractivity contribution >= 4 is 22.6 Å². The van der Waals surface area contributed by atoms with Crippen LogP contribution in [-0.2, 0) is 0 Å². The van der Waals surface area contributed by atoms with Crippen molar-refractivity contribution in [2.45, 2.75) is 32.4 Å². The molecule has 0 fully saturated rings. The predicted octanol–water partition coefficient (Wildman–Crippen LogP) is 3.61. The number of hydrogen-bond acceptors (Lipinski definition) is 8. The minimum absolute atomic E-state index is 0.0665. The fourth-order valence-corrected chi connectivity index (χ4v) is 4.01. The topological polar surface area (TPSA) is 166 Å². The minimum atomic E-state index is -1.21. The quantitative estimate of drug-likeness (QED) is 0.198. The van der Waals surface area contributed by atoms with E-state index in [-0.39, 0.29) is 17.0 Å². The van der Waals surface area contributed by atoms with E-state index in [9.17, 15) is 14.7 Å². The molecular weight excluding hydrogens is 500 g/mol. The van der Waals surface area contributed by atoms with Gasteiger partial charge in [0.15, 0.2) is 5.43 Å². The van der Waals surface area contributed by atoms with E-state index in [4.69, 9.17) is 25.5 Å². The van der Waals surface area contributed by atoms with Crippen LogP contribution in [0.4, 0.5) is 5.69 Å². The molecule has 39 heavy (non-hydrogen) atoms. The Morgan fingerprint density at radius 3 is 2.13 bits per heavy atom. The highest BCUT2D eigenvalue weighted by atomic mass is 16.4. The van der Waals surface area contributed by atoms with Crippen molar-refractivity contribution in [1.82, 2.24) is 0 Å². The Bertz CT molecular complexity index is 1490. The number of nitrogens with two attached hydrogens (primary N) is 1. The number of rotatable bonds is 8. The van der Waals surface area contributed by atoms with Crippen molar-refractivity contribution in [1.29, 1.82) is 0 Å². The molecule has 0 bridgehead atoms. The molecule has 0 saturated carbocycles. The third kappa shape index (κ3) is 6.71. The van der Waals surface area contributed by atoms with E-state index in [1.54, 1.807) is 31.2 Å². The Hall–Kier alpha value is -4.02. The number of fused-ring (bicyclic) bond motifs is 1. The summed E-state index contributed by atoms with van der Waals surface area (Å²) < 4.78 is 6.33. The normalized spacial score (nSPS) is 12.0. The van der Waals surface area contributed by atoms with Crippen molar-refractivity contribution in [3.63, 3.8) is 0 Å². The fourth-order valence-electron chi connectivity index (χ4n) is 4.01. The molecule has 1 heterocycles. The lowest BCUT2D eigenvalue weighted by atomic mass is 9.98. The number of nitrogens with one attached hydrogen (secondary N) is 1. The van der Waals surface area contributed by atoms with Gasteiger partial charge < -0.3 is 35.9 Å². The van der Waals surface area contributed by atoms with Gasteiger partial charge in [-0.2, -0.15) is 0 Å². The van der Waals surface area contributed by atoms with Crippen molar-refractivity contribution in [3.8, 4) is 11.3 Å². The molecule has 0 saturated heterocycles. The maximum Gasteiger partial charge on any atom is 0.337 e. The standard InChI is InChI=1S/C26H23NO4.C4H11NO3/c1-15-13-20(17(3)27-22-12-8-7-11-19(22)26(29)30)25-21(14-15)23(28)16(2)24(31-25)18-9-5-4-6-10-18;5-4(1-6,2-7)3-8/h4-14,17,27H,1-3H3,(H,29,30);6-8H,1-3,5H2/t17-;/m1./s1. The Labute approximate surface area is 226 Å². The lowest BCUT2D eigenvalue weighted by Gasteiger charge is -2.20. The van der Waals surface area contributed by atoms with Gasteiger partial charge in [0.2, 0.25) is 0 Å². The molecule has 0 spiro atoms. The van der Waals surface area contributed by atoms with Crippen LogP contribution in [0.15, 0.2) is 75.9 Å². The molecule has 0 aliphatic carbocycles. The molecule has 9 heteroatoms. The predicted molar refractivity (Wildman–Crippen MR) is 151 cm³/mol. The largest absolute Gasteiger partial charge is 0.478 e. The van der Waals surface area contributed by atoms with Gasteiger partial charge in [0.1, 0.15) is 11.3 Å². The lowest BCUT2D eigenvalue weighted by molar-refractivity contribution is 0.0692. The average Bonchev–Trinajstić information content (AvgIpc) is 2.95. The molecule has 7 N–H and O–H groups in total. The number of aryl methyl sites for hydroxylation is 1. The summed E-state index contributed by atoms with van der Waals surface area (Å²) in [6, 6.07) is 19.8. The van der Waals surface area contributed by atoms with Gasteiger partial charge in [-0.25, -0.2) is 4.79 Å².